The van der Waals surface area contributed by atoms with Crippen molar-refractivity contribution in [3.05, 3.63) is 58.1 Å². The maximum atomic E-state index is 12.7. The van der Waals surface area contributed by atoms with Crippen LogP contribution < -0.4 is 10.2 Å². The number of carbonyl (C=O) groups is 1. The fourth-order valence-corrected chi connectivity index (χ4v) is 6.67. The summed E-state index contributed by atoms with van der Waals surface area (Å²) in [6.07, 6.45) is 9.10. The van der Waals surface area contributed by atoms with Crippen molar-refractivity contribution in [1.82, 2.24) is 5.32 Å². The van der Waals surface area contributed by atoms with Crippen LogP contribution in [-0.2, 0) is 24.2 Å². The van der Waals surface area contributed by atoms with E-state index in [9.17, 15) is 4.79 Å². The van der Waals surface area contributed by atoms with Gasteiger partial charge in [0, 0.05) is 54.8 Å². The molecule has 3 atom stereocenters. The predicted molar refractivity (Wildman–Crippen MR) is 135 cm³/mol. The van der Waals surface area contributed by atoms with Gasteiger partial charge in [-0.2, -0.15) is 0 Å². The molecule has 6 rings (SSSR count). The highest BCUT2D eigenvalue weighted by molar-refractivity contribution is 6.31. The lowest BCUT2D eigenvalue weighted by atomic mass is 9.88. The van der Waals surface area contributed by atoms with Crippen molar-refractivity contribution in [2.45, 2.75) is 57.9 Å². The first-order chi connectivity index (χ1) is 16.1. The molecule has 0 spiro atoms. The molecule has 1 saturated heterocycles. The Morgan fingerprint density at radius 3 is 2.76 bits per heavy atom. The number of hydrogen-bond donors (Lipinski definition) is 1. The lowest BCUT2D eigenvalue weighted by molar-refractivity contribution is -0.126. The Morgan fingerprint density at radius 1 is 1.09 bits per heavy atom. The van der Waals surface area contributed by atoms with Crippen LogP contribution in [-0.4, -0.2) is 24.7 Å². The summed E-state index contributed by atoms with van der Waals surface area (Å²) in [5.41, 5.74) is 7.07. The highest BCUT2D eigenvalue weighted by atomic mass is 35.5. The van der Waals surface area contributed by atoms with E-state index in [1.54, 1.807) is 0 Å². The van der Waals surface area contributed by atoms with Gasteiger partial charge in [-0.3, -0.25) is 9.79 Å². The van der Waals surface area contributed by atoms with Gasteiger partial charge in [0.1, 0.15) is 0 Å². The number of nitrogens with one attached hydrogen (secondary N) is 1. The van der Waals surface area contributed by atoms with Gasteiger partial charge in [-0.1, -0.05) is 36.2 Å². The van der Waals surface area contributed by atoms with Crippen molar-refractivity contribution in [1.29, 1.82) is 0 Å². The number of carbonyl (C=O) groups excluding carboxylic acids is 1. The smallest absolute Gasteiger partial charge is 0.223 e. The van der Waals surface area contributed by atoms with E-state index in [2.05, 4.69) is 34.5 Å². The molecule has 1 N–H and O–H groups in total. The van der Waals surface area contributed by atoms with Crippen molar-refractivity contribution in [3.8, 4) is 0 Å². The van der Waals surface area contributed by atoms with Gasteiger partial charge in [-0.05, 0) is 78.8 Å². The summed E-state index contributed by atoms with van der Waals surface area (Å²) in [5, 5.41) is 3.97. The van der Waals surface area contributed by atoms with E-state index >= 15 is 0 Å². The normalized spacial score (nSPS) is 25.4. The van der Waals surface area contributed by atoms with E-state index in [0.717, 1.165) is 65.8 Å². The number of fused-ring (bicyclic) bond motifs is 3. The largest absolute Gasteiger partial charge is 0.371 e. The first-order valence-corrected chi connectivity index (χ1v) is 13.0. The van der Waals surface area contributed by atoms with Crippen molar-refractivity contribution in [3.63, 3.8) is 0 Å². The average molecular weight is 462 g/mol. The Balaban J connectivity index is 1.11. The summed E-state index contributed by atoms with van der Waals surface area (Å²) in [6.45, 7) is 2.87. The topological polar surface area (TPSA) is 44.7 Å². The van der Waals surface area contributed by atoms with Crippen LogP contribution in [0.3, 0.4) is 0 Å². The molecule has 2 bridgehead atoms. The fourth-order valence-electron chi connectivity index (χ4n) is 6.49. The van der Waals surface area contributed by atoms with Gasteiger partial charge in [-0.25, -0.2) is 0 Å². The summed E-state index contributed by atoms with van der Waals surface area (Å²) >= 11 is 6.56. The van der Waals surface area contributed by atoms with Crippen LogP contribution in [0.1, 0.15) is 55.2 Å². The summed E-state index contributed by atoms with van der Waals surface area (Å²) < 4.78 is 0. The van der Waals surface area contributed by atoms with Gasteiger partial charge in [0.05, 0.1) is 5.69 Å². The predicted octanol–water partition coefficient (Wildman–Crippen LogP) is 5.86. The first kappa shape index (κ1) is 21.2. The van der Waals surface area contributed by atoms with E-state index in [1.807, 2.05) is 12.1 Å². The standard InChI is InChI=1S/C28H32ClN3O/c29-26-8-4-19(17-30-28(33)25-13-18-3-5-20(25)11-18)12-22(26)15-23-14-21-6-7-24(16-27(21)31-23)32-9-1-2-10-32/h4,6-8,12,16,18,20,25H,1-3,5,9-11,13-15,17H2,(H,30,33)/t18-,20?,25-/m1/s1. The quantitative estimate of drug-likeness (QED) is 0.585. The minimum atomic E-state index is 0.229. The SMILES string of the molecule is O=C(NCc1ccc(Cl)c(CC2=Nc3cc(N4CCCC4)ccc3C2)c1)[C@@H]1C[C@@H]2CCC1C2. The fraction of sp³-hybridized carbons (Fsp3) is 0.500. The van der Waals surface area contributed by atoms with Crippen LogP contribution in [0.15, 0.2) is 41.4 Å². The molecular weight excluding hydrogens is 430 g/mol. The molecule has 172 valence electrons. The summed E-state index contributed by atoms with van der Waals surface area (Å²) in [7, 11) is 0. The number of benzene rings is 2. The molecule has 4 aliphatic rings. The molecule has 3 fully saturated rings. The molecule has 33 heavy (non-hydrogen) atoms. The number of anilines is 1. The van der Waals surface area contributed by atoms with Crippen LogP contribution in [0.25, 0.3) is 0 Å². The van der Waals surface area contributed by atoms with Crippen LogP contribution in [0, 0.1) is 17.8 Å². The number of amides is 1. The third-order valence-corrected chi connectivity index (χ3v) is 8.63. The van der Waals surface area contributed by atoms with Gasteiger partial charge in [-0.15, -0.1) is 0 Å². The molecule has 2 aliphatic heterocycles. The minimum Gasteiger partial charge on any atom is -0.371 e. The molecule has 2 aromatic rings. The van der Waals surface area contributed by atoms with Gasteiger partial charge >= 0.3 is 0 Å². The van der Waals surface area contributed by atoms with Crippen LogP contribution >= 0.6 is 11.6 Å². The van der Waals surface area contributed by atoms with E-state index < -0.39 is 0 Å². The number of aliphatic imine (C=N–C) groups is 1. The van der Waals surface area contributed by atoms with E-state index in [-0.39, 0.29) is 11.8 Å². The van der Waals surface area contributed by atoms with E-state index in [1.165, 1.54) is 43.4 Å². The molecule has 2 heterocycles. The lowest BCUT2D eigenvalue weighted by Crippen LogP contribution is -2.33. The number of halogens is 1. The summed E-state index contributed by atoms with van der Waals surface area (Å²) in [4.78, 5) is 20.1. The monoisotopic (exact) mass is 461 g/mol. The van der Waals surface area contributed by atoms with Crippen molar-refractivity contribution >= 4 is 34.6 Å². The Bertz CT molecular complexity index is 1100. The molecule has 2 aromatic carbocycles. The number of hydrogen-bond acceptors (Lipinski definition) is 3. The molecule has 2 saturated carbocycles. The highest BCUT2D eigenvalue weighted by Crippen LogP contribution is 2.48. The Hall–Kier alpha value is -2.33. The van der Waals surface area contributed by atoms with Crippen LogP contribution in [0.4, 0.5) is 11.4 Å². The zero-order valence-corrected chi connectivity index (χ0v) is 19.9. The lowest BCUT2D eigenvalue weighted by Gasteiger charge is -2.21. The summed E-state index contributed by atoms with van der Waals surface area (Å²) in [6, 6.07) is 12.9. The van der Waals surface area contributed by atoms with Crippen LogP contribution in [0.5, 0.6) is 0 Å². The third-order valence-electron chi connectivity index (χ3n) is 8.26. The maximum absolute atomic E-state index is 12.7. The zero-order valence-electron chi connectivity index (χ0n) is 19.2. The Labute approximate surface area is 201 Å². The Morgan fingerprint density at radius 2 is 1.97 bits per heavy atom. The molecule has 0 aromatic heterocycles. The van der Waals surface area contributed by atoms with E-state index in [0.29, 0.717) is 12.5 Å². The van der Waals surface area contributed by atoms with Gasteiger partial charge in [0.25, 0.3) is 0 Å². The molecule has 2 aliphatic carbocycles. The minimum absolute atomic E-state index is 0.229. The second kappa shape index (κ2) is 8.79. The van der Waals surface area contributed by atoms with E-state index in [4.69, 9.17) is 16.6 Å². The molecule has 1 amide bonds. The number of nitrogens with zero attached hydrogens (tertiary/aromatic N) is 2. The molecule has 1 unspecified atom stereocenters. The third kappa shape index (κ3) is 4.30. The number of rotatable bonds is 6. The van der Waals surface area contributed by atoms with Crippen LogP contribution in [0.2, 0.25) is 5.02 Å². The molecule has 0 radical (unpaired) electrons. The Kier molecular flexibility index (Phi) is 5.65. The van der Waals surface area contributed by atoms with Gasteiger partial charge < -0.3 is 10.2 Å². The second-order valence-corrected chi connectivity index (χ2v) is 10.9. The van der Waals surface area contributed by atoms with Crippen molar-refractivity contribution in [2.24, 2.45) is 22.7 Å². The maximum Gasteiger partial charge on any atom is 0.223 e. The molecular formula is C28H32ClN3O. The summed E-state index contributed by atoms with van der Waals surface area (Å²) in [5.74, 6) is 1.87. The highest BCUT2D eigenvalue weighted by Gasteiger charge is 2.42. The molecule has 4 nitrogen and oxygen atoms in total. The van der Waals surface area contributed by atoms with Crippen molar-refractivity contribution in [2.75, 3.05) is 18.0 Å². The van der Waals surface area contributed by atoms with Gasteiger partial charge in [0.2, 0.25) is 5.91 Å². The second-order valence-electron chi connectivity index (χ2n) is 10.5. The zero-order chi connectivity index (χ0) is 22.4. The van der Waals surface area contributed by atoms with Crippen molar-refractivity contribution < 1.29 is 4.79 Å². The average Bonchev–Trinajstić information content (AvgIpc) is 3.63. The van der Waals surface area contributed by atoms with Gasteiger partial charge in [0.15, 0.2) is 0 Å². The first-order valence-electron chi connectivity index (χ1n) is 12.6. The molecule has 5 heteroatoms.